The maximum atomic E-state index is 10.9. The molecule has 0 bridgehead atoms. The van der Waals surface area contributed by atoms with Crippen LogP contribution in [0, 0.1) is 0 Å². The van der Waals surface area contributed by atoms with E-state index in [1.807, 2.05) is 31.4 Å². The molecule has 1 amide bonds. The molecular formula is C18H18N6O2. The van der Waals surface area contributed by atoms with Crippen LogP contribution >= 0.6 is 0 Å². The summed E-state index contributed by atoms with van der Waals surface area (Å²) < 4.78 is 1.70. The van der Waals surface area contributed by atoms with Crippen molar-refractivity contribution in [2.75, 3.05) is 5.32 Å². The van der Waals surface area contributed by atoms with Gasteiger partial charge in [0.05, 0.1) is 23.6 Å². The van der Waals surface area contributed by atoms with E-state index in [1.54, 1.807) is 17.1 Å². The highest BCUT2D eigenvalue weighted by atomic mass is 16.4. The largest absolute Gasteiger partial charge is 0.465 e. The van der Waals surface area contributed by atoms with Crippen molar-refractivity contribution in [3.05, 3.63) is 54.0 Å². The average molecular weight is 350 g/mol. The van der Waals surface area contributed by atoms with Crippen LogP contribution in [0.25, 0.3) is 11.3 Å². The van der Waals surface area contributed by atoms with Gasteiger partial charge in [-0.3, -0.25) is 4.68 Å². The summed E-state index contributed by atoms with van der Waals surface area (Å²) >= 11 is 0. The third-order valence-electron chi connectivity index (χ3n) is 4.43. The monoisotopic (exact) mass is 350 g/mol. The van der Waals surface area contributed by atoms with Gasteiger partial charge in [0.1, 0.15) is 0 Å². The van der Waals surface area contributed by atoms with E-state index < -0.39 is 6.09 Å². The van der Waals surface area contributed by atoms with Crippen molar-refractivity contribution < 1.29 is 9.90 Å². The molecule has 3 N–H and O–H groups in total. The Bertz CT molecular complexity index is 968. The Morgan fingerprint density at radius 2 is 2.23 bits per heavy atom. The first kappa shape index (κ1) is 16.1. The van der Waals surface area contributed by atoms with Crippen molar-refractivity contribution in [2.45, 2.75) is 18.9 Å². The van der Waals surface area contributed by atoms with Crippen molar-refractivity contribution in [1.82, 2.24) is 25.1 Å². The van der Waals surface area contributed by atoms with E-state index in [2.05, 4.69) is 31.8 Å². The Morgan fingerprint density at radius 3 is 3.00 bits per heavy atom. The maximum Gasteiger partial charge on any atom is 0.405 e. The van der Waals surface area contributed by atoms with Gasteiger partial charge in [0.2, 0.25) is 5.95 Å². The van der Waals surface area contributed by atoms with Gasteiger partial charge in [-0.1, -0.05) is 12.1 Å². The number of hydrogen-bond donors (Lipinski definition) is 3. The minimum atomic E-state index is -0.992. The molecule has 26 heavy (non-hydrogen) atoms. The van der Waals surface area contributed by atoms with Gasteiger partial charge in [0.15, 0.2) is 0 Å². The van der Waals surface area contributed by atoms with E-state index in [9.17, 15) is 4.79 Å². The van der Waals surface area contributed by atoms with E-state index in [0.29, 0.717) is 5.95 Å². The van der Waals surface area contributed by atoms with E-state index in [4.69, 9.17) is 5.11 Å². The molecule has 4 rings (SSSR count). The fourth-order valence-corrected chi connectivity index (χ4v) is 3.27. The molecule has 132 valence electrons. The summed E-state index contributed by atoms with van der Waals surface area (Å²) in [6.45, 7) is 0. The molecule has 3 aromatic rings. The van der Waals surface area contributed by atoms with Crippen LogP contribution in [0.1, 0.15) is 23.6 Å². The summed E-state index contributed by atoms with van der Waals surface area (Å²) in [5.74, 6) is 0.501. The first-order valence-corrected chi connectivity index (χ1v) is 8.30. The second-order valence-electron chi connectivity index (χ2n) is 6.25. The van der Waals surface area contributed by atoms with Crippen molar-refractivity contribution in [3.63, 3.8) is 0 Å². The summed E-state index contributed by atoms with van der Waals surface area (Å²) in [5, 5.41) is 18.8. The number of nitrogens with zero attached hydrogens (tertiary/aromatic N) is 4. The number of carboxylic acid groups (broad SMARTS) is 1. The number of amides is 1. The molecule has 0 radical (unpaired) electrons. The number of aryl methyl sites for hydroxylation is 2. The van der Waals surface area contributed by atoms with Crippen molar-refractivity contribution >= 4 is 17.7 Å². The summed E-state index contributed by atoms with van der Waals surface area (Å²) in [6, 6.07) is 7.75. The fourth-order valence-electron chi connectivity index (χ4n) is 3.27. The standard InChI is InChI=1S/C18H18N6O2/c1-24-10-13(9-20-24)21-17-19-7-6-15(22-17)12-2-4-14-11(8-12)3-5-16(14)23-18(25)26/h2,4,6-10,16,23H,3,5H2,1H3,(H,25,26)(H,19,21,22). The molecule has 1 aromatic carbocycles. The van der Waals surface area contributed by atoms with Crippen molar-refractivity contribution in [1.29, 1.82) is 0 Å². The predicted octanol–water partition coefficient (Wildman–Crippen LogP) is 2.88. The molecule has 1 aliphatic carbocycles. The van der Waals surface area contributed by atoms with Crippen molar-refractivity contribution in [2.24, 2.45) is 7.05 Å². The topological polar surface area (TPSA) is 105 Å². The molecular weight excluding hydrogens is 332 g/mol. The molecule has 2 aromatic heterocycles. The average Bonchev–Trinajstić information content (AvgIpc) is 3.20. The lowest BCUT2D eigenvalue weighted by atomic mass is 10.0. The zero-order valence-electron chi connectivity index (χ0n) is 14.2. The number of anilines is 2. The van der Waals surface area contributed by atoms with E-state index in [1.165, 1.54) is 0 Å². The van der Waals surface area contributed by atoms with Gasteiger partial charge in [-0.25, -0.2) is 14.8 Å². The second-order valence-corrected chi connectivity index (χ2v) is 6.25. The van der Waals surface area contributed by atoms with Crippen LogP contribution in [0.15, 0.2) is 42.9 Å². The highest BCUT2D eigenvalue weighted by molar-refractivity contribution is 5.67. The highest BCUT2D eigenvalue weighted by Crippen LogP contribution is 2.34. The first-order valence-electron chi connectivity index (χ1n) is 8.30. The van der Waals surface area contributed by atoms with Gasteiger partial charge in [0.25, 0.3) is 0 Å². The SMILES string of the molecule is Cn1cc(Nc2nccc(-c3ccc4c(c3)CCC4NC(=O)O)n2)cn1. The van der Waals surface area contributed by atoms with Gasteiger partial charge < -0.3 is 15.7 Å². The summed E-state index contributed by atoms with van der Waals surface area (Å²) in [5.41, 5.74) is 4.81. The Hall–Kier alpha value is -3.42. The number of aromatic nitrogens is 4. The van der Waals surface area contributed by atoms with E-state index in [-0.39, 0.29) is 6.04 Å². The van der Waals surface area contributed by atoms with Crippen molar-refractivity contribution in [3.8, 4) is 11.3 Å². The van der Waals surface area contributed by atoms with Crippen LogP contribution in [-0.2, 0) is 13.5 Å². The zero-order chi connectivity index (χ0) is 18.1. The molecule has 1 unspecified atom stereocenters. The van der Waals surface area contributed by atoms with Crippen LogP contribution in [-0.4, -0.2) is 30.9 Å². The Balaban J connectivity index is 1.58. The fraction of sp³-hybridized carbons (Fsp3) is 0.222. The predicted molar refractivity (Wildman–Crippen MR) is 96.2 cm³/mol. The normalized spacial score (nSPS) is 15.5. The molecule has 0 aliphatic heterocycles. The Morgan fingerprint density at radius 1 is 1.35 bits per heavy atom. The van der Waals surface area contributed by atoms with Crippen LogP contribution in [0.3, 0.4) is 0 Å². The minimum Gasteiger partial charge on any atom is -0.465 e. The van der Waals surface area contributed by atoms with Crippen LogP contribution < -0.4 is 10.6 Å². The van der Waals surface area contributed by atoms with Gasteiger partial charge >= 0.3 is 6.09 Å². The number of fused-ring (bicyclic) bond motifs is 1. The molecule has 1 atom stereocenters. The van der Waals surface area contributed by atoms with Crippen LogP contribution in [0.5, 0.6) is 0 Å². The van der Waals surface area contributed by atoms with E-state index >= 15 is 0 Å². The lowest BCUT2D eigenvalue weighted by molar-refractivity contribution is 0.190. The van der Waals surface area contributed by atoms with Gasteiger partial charge in [-0.2, -0.15) is 5.10 Å². The van der Waals surface area contributed by atoms with Crippen LogP contribution in [0.2, 0.25) is 0 Å². The summed E-state index contributed by atoms with van der Waals surface area (Å²) in [4.78, 5) is 19.7. The lowest BCUT2D eigenvalue weighted by Gasteiger charge is -2.12. The molecule has 2 heterocycles. The quantitative estimate of drug-likeness (QED) is 0.668. The molecule has 0 saturated carbocycles. The molecule has 1 aliphatic rings. The summed E-state index contributed by atoms with van der Waals surface area (Å²) in [7, 11) is 1.85. The van der Waals surface area contributed by atoms with Gasteiger partial charge in [0, 0.05) is 25.0 Å². The number of nitrogens with one attached hydrogen (secondary N) is 2. The summed E-state index contributed by atoms with van der Waals surface area (Å²) in [6.07, 6.45) is 5.90. The Kier molecular flexibility index (Phi) is 4.00. The number of hydrogen-bond acceptors (Lipinski definition) is 5. The van der Waals surface area contributed by atoms with Crippen LogP contribution in [0.4, 0.5) is 16.4 Å². The first-order chi connectivity index (χ1) is 12.6. The molecule has 8 nitrogen and oxygen atoms in total. The lowest BCUT2D eigenvalue weighted by Crippen LogP contribution is -2.24. The third kappa shape index (κ3) is 3.21. The molecule has 0 saturated heterocycles. The minimum absolute atomic E-state index is 0.134. The molecule has 0 fully saturated rings. The number of benzene rings is 1. The molecule has 0 spiro atoms. The Labute approximate surface area is 149 Å². The van der Waals surface area contributed by atoms with Gasteiger partial charge in [-0.05, 0) is 36.1 Å². The highest BCUT2D eigenvalue weighted by Gasteiger charge is 2.24. The van der Waals surface area contributed by atoms with E-state index in [0.717, 1.165) is 40.9 Å². The second kappa shape index (κ2) is 6.47. The smallest absolute Gasteiger partial charge is 0.405 e. The number of carbonyl (C=O) groups is 1. The van der Waals surface area contributed by atoms with Gasteiger partial charge in [-0.15, -0.1) is 0 Å². The molecule has 8 heteroatoms. The zero-order valence-corrected chi connectivity index (χ0v) is 14.2. The third-order valence-corrected chi connectivity index (χ3v) is 4.43. The number of rotatable bonds is 4. The maximum absolute atomic E-state index is 10.9.